The zero-order chi connectivity index (χ0) is 15.2. The first-order valence-electron chi connectivity index (χ1n) is 7.78. The molecule has 1 rings (SSSR count). The van der Waals surface area contributed by atoms with Crippen molar-refractivity contribution in [3.63, 3.8) is 0 Å². The summed E-state index contributed by atoms with van der Waals surface area (Å²) in [5, 5.41) is 12.1. The number of amidine groups is 1. The zero-order valence-electron chi connectivity index (χ0n) is 13.1. The van der Waals surface area contributed by atoms with Crippen molar-refractivity contribution in [1.29, 1.82) is 0 Å². The van der Waals surface area contributed by atoms with Crippen molar-refractivity contribution in [2.45, 2.75) is 71.3 Å². The van der Waals surface area contributed by atoms with Gasteiger partial charge < -0.3 is 15.8 Å². The van der Waals surface area contributed by atoms with Crippen LogP contribution in [0.3, 0.4) is 0 Å². The highest BCUT2D eigenvalue weighted by Crippen LogP contribution is 2.32. The van der Waals surface area contributed by atoms with Crippen LogP contribution in [-0.2, 0) is 4.79 Å². The van der Waals surface area contributed by atoms with E-state index in [1.54, 1.807) is 0 Å². The van der Waals surface area contributed by atoms with Gasteiger partial charge in [0.25, 0.3) is 0 Å². The molecule has 0 aromatic rings. The maximum atomic E-state index is 12.9. The number of nitrogens with zero attached hydrogens (tertiary/aromatic N) is 2. The third-order valence-corrected chi connectivity index (χ3v) is 4.91. The summed E-state index contributed by atoms with van der Waals surface area (Å²) in [6.07, 6.45) is 8.08. The molecule has 0 aliphatic heterocycles. The van der Waals surface area contributed by atoms with Crippen molar-refractivity contribution in [3.05, 3.63) is 0 Å². The summed E-state index contributed by atoms with van der Waals surface area (Å²) < 4.78 is 0. The molecule has 1 fully saturated rings. The summed E-state index contributed by atoms with van der Waals surface area (Å²) in [5.74, 6) is 0.0256. The van der Waals surface area contributed by atoms with Gasteiger partial charge in [-0.15, -0.1) is 0 Å². The maximum Gasteiger partial charge on any atom is 0.236 e. The maximum absolute atomic E-state index is 12.9. The van der Waals surface area contributed by atoms with E-state index in [4.69, 9.17) is 10.9 Å². The van der Waals surface area contributed by atoms with Gasteiger partial charge in [0, 0.05) is 13.1 Å². The van der Waals surface area contributed by atoms with Crippen LogP contribution >= 0.6 is 0 Å². The van der Waals surface area contributed by atoms with E-state index in [9.17, 15) is 4.79 Å². The van der Waals surface area contributed by atoms with Gasteiger partial charge in [-0.2, -0.15) is 0 Å². The van der Waals surface area contributed by atoms with Gasteiger partial charge >= 0.3 is 0 Å². The minimum Gasteiger partial charge on any atom is -0.409 e. The van der Waals surface area contributed by atoms with Crippen LogP contribution in [0.5, 0.6) is 0 Å². The normalized spacial score (nSPS) is 18.6. The highest BCUT2D eigenvalue weighted by atomic mass is 16.4. The lowest BCUT2D eigenvalue weighted by Crippen LogP contribution is -2.52. The molecule has 0 aromatic heterocycles. The molecule has 0 unspecified atom stereocenters. The molecule has 5 nitrogen and oxygen atoms in total. The van der Waals surface area contributed by atoms with Gasteiger partial charge in [-0.1, -0.05) is 44.7 Å². The first-order valence-corrected chi connectivity index (χ1v) is 7.78. The second-order valence-electron chi connectivity index (χ2n) is 5.84. The quantitative estimate of drug-likeness (QED) is 0.268. The molecule has 0 saturated heterocycles. The van der Waals surface area contributed by atoms with E-state index in [0.29, 0.717) is 12.8 Å². The molecular weight excluding hydrogens is 254 g/mol. The molecule has 5 heteroatoms. The number of oxime groups is 1. The van der Waals surface area contributed by atoms with Gasteiger partial charge in [-0.25, -0.2) is 0 Å². The first-order chi connectivity index (χ1) is 9.53. The molecule has 3 N–H and O–H groups in total. The zero-order valence-corrected chi connectivity index (χ0v) is 13.1. The Morgan fingerprint density at radius 3 is 2.15 bits per heavy atom. The number of carbonyl (C=O) groups excluding carboxylic acids is 1. The second-order valence-corrected chi connectivity index (χ2v) is 5.84. The Labute approximate surface area is 122 Å². The lowest BCUT2D eigenvalue weighted by Gasteiger charge is -2.37. The Kier molecular flexibility index (Phi) is 6.30. The first kappa shape index (κ1) is 16.8. The monoisotopic (exact) mass is 283 g/mol. The summed E-state index contributed by atoms with van der Waals surface area (Å²) in [6, 6.07) is 0.286. The number of hydrogen-bond acceptors (Lipinski definition) is 3. The van der Waals surface area contributed by atoms with Crippen molar-refractivity contribution in [2.75, 3.05) is 7.05 Å². The van der Waals surface area contributed by atoms with E-state index in [1.165, 1.54) is 25.7 Å². The lowest BCUT2D eigenvalue weighted by molar-refractivity contribution is -0.140. The average Bonchev–Trinajstić information content (AvgIpc) is 2.76. The fourth-order valence-electron chi connectivity index (χ4n) is 3.27. The molecule has 0 aromatic carbocycles. The Morgan fingerprint density at radius 1 is 1.25 bits per heavy atom. The molecule has 1 aliphatic carbocycles. The Bertz CT molecular complexity index is 343. The van der Waals surface area contributed by atoms with E-state index in [2.05, 4.69) is 5.16 Å². The van der Waals surface area contributed by atoms with E-state index in [-0.39, 0.29) is 17.8 Å². The molecule has 1 amide bonds. The van der Waals surface area contributed by atoms with Gasteiger partial charge in [0.05, 0.1) is 0 Å². The van der Waals surface area contributed by atoms with Crippen molar-refractivity contribution in [1.82, 2.24) is 4.90 Å². The van der Waals surface area contributed by atoms with E-state index in [1.807, 2.05) is 25.8 Å². The summed E-state index contributed by atoms with van der Waals surface area (Å²) in [7, 11) is 1.86. The van der Waals surface area contributed by atoms with E-state index < -0.39 is 5.41 Å². The van der Waals surface area contributed by atoms with Crippen molar-refractivity contribution in [2.24, 2.45) is 16.3 Å². The molecule has 0 heterocycles. The van der Waals surface area contributed by atoms with Gasteiger partial charge in [0.2, 0.25) is 5.91 Å². The smallest absolute Gasteiger partial charge is 0.236 e. The molecule has 0 radical (unpaired) electrons. The molecule has 1 aliphatic rings. The van der Waals surface area contributed by atoms with Crippen LogP contribution in [0.25, 0.3) is 0 Å². The minimum atomic E-state index is -0.865. The number of rotatable bonds is 5. The van der Waals surface area contributed by atoms with Crippen LogP contribution in [-0.4, -0.2) is 34.9 Å². The summed E-state index contributed by atoms with van der Waals surface area (Å²) in [5.41, 5.74) is 4.96. The molecular formula is C15H29N3O2. The van der Waals surface area contributed by atoms with Gasteiger partial charge in [0.1, 0.15) is 5.41 Å². The van der Waals surface area contributed by atoms with Gasteiger partial charge in [-0.3, -0.25) is 4.79 Å². The molecule has 0 atom stereocenters. The topological polar surface area (TPSA) is 78.9 Å². The third-order valence-electron chi connectivity index (χ3n) is 4.91. The number of nitrogens with two attached hydrogens (primary N) is 1. The number of amides is 1. The summed E-state index contributed by atoms with van der Waals surface area (Å²) >= 11 is 0. The average molecular weight is 283 g/mol. The predicted molar refractivity (Wildman–Crippen MR) is 80.7 cm³/mol. The van der Waals surface area contributed by atoms with Gasteiger partial charge in [0.15, 0.2) is 5.84 Å². The van der Waals surface area contributed by atoms with Crippen LogP contribution in [0.4, 0.5) is 0 Å². The third kappa shape index (κ3) is 3.25. The van der Waals surface area contributed by atoms with Crippen LogP contribution < -0.4 is 5.73 Å². The van der Waals surface area contributed by atoms with Crippen LogP contribution in [0.1, 0.15) is 65.2 Å². The molecule has 116 valence electrons. The standard InChI is InChI=1S/C15H29N3O2/c1-4-15(5-2,13(16)17-20)14(19)18(3)12-10-8-6-7-9-11-12/h12,20H,4-11H2,1-3H3,(H2,16,17). The van der Waals surface area contributed by atoms with E-state index >= 15 is 0 Å². The molecule has 1 saturated carbocycles. The molecule has 0 bridgehead atoms. The molecule has 0 spiro atoms. The summed E-state index contributed by atoms with van der Waals surface area (Å²) in [4.78, 5) is 14.7. The Morgan fingerprint density at radius 2 is 1.75 bits per heavy atom. The highest BCUT2D eigenvalue weighted by molar-refractivity contribution is 6.06. The highest BCUT2D eigenvalue weighted by Gasteiger charge is 2.43. The second kappa shape index (κ2) is 7.50. The predicted octanol–water partition coefficient (Wildman–Crippen LogP) is 2.72. The summed E-state index contributed by atoms with van der Waals surface area (Å²) in [6.45, 7) is 3.83. The number of carbonyl (C=O) groups is 1. The van der Waals surface area contributed by atoms with E-state index in [0.717, 1.165) is 12.8 Å². The van der Waals surface area contributed by atoms with Crippen LogP contribution in [0.15, 0.2) is 5.16 Å². The SMILES string of the molecule is CCC(CC)(C(=O)N(C)C1CCCCCC1)C(N)=NO. The van der Waals surface area contributed by atoms with Crippen molar-refractivity contribution in [3.8, 4) is 0 Å². The Balaban J connectivity index is 2.93. The fourth-order valence-corrected chi connectivity index (χ4v) is 3.27. The molecule has 20 heavy (non-hydrogen) atoms. The van der Waals surface area contributed by atoms with Crippen molar-refractivity contribution < 1.29 is 10.0 Å². The number of hydrogen-bond donors (Lipinski definition) is 2. The fraction of sp³-hybridized carbons (Fsp3) is 0.867. The van der Waals surface area contributed by atoms with Crippen molar-refractivity contribution >= 4 is 11.7 Å². The Hall–Kier alpha value is -1.26. The van der Waals surface area contributed by atoms with Gasteiger partial charge in [-0.05, 0) is 25.7 Å². The lowest BCUT2D eigenvalue weighted by atomic mass is 9.79. The minimum absolute atomic E-state index is 0.00954. The van der Waals surface area contributed by atoms with Crippen LogP contribution in [0.2, 0.25) is 0 Å². The largest absolute Gasteiger partial charge is 0.409 e. The van der Waals surface area contributed by atoms with Crippen LogP contribution in [0, 0.1) is 5.41 Å².